The number of nitrogens with one attached hydrogen (secondary N) is 1. The van der Waals surface area contributed by atoms with Crippen LogP contribution in [0, 0.1) is 6.92 Å². The Morgan fingerprint density at radius 1 is 1.20 bits per heavy atom. The lowest BCUT2D eigenvalue weighted by atomic mass is 10.2. The van der Waals surface area contributed by atoms with Gasteiger partial charge in [0.2, 0.25) is 10.0 Å². The number of rotatable bonds is 7. The van der Waals surface area contributed by atoms with Gasteiger partial charge >= 0.3 is 0 Å². The lowest BCUT2D eigenvalue weighted by Gasteiger charge is -2.26. The predicted molar refractivity (Wildman–Crippen MR) is 113 cm³/mol. The summed E-state index contributed by atoms with van der Waals surface area (Å²) in [6.07, 6.45) is 0. The van der Waals surface area contributed by atoms with Crippen LogP contribution in [0.3, 0.4) is 0 Å². The molecule has 1 aliphatic heterocycles. The molecule has 162 valence electrons. The van der Waals surface area contributed by atoms with Gasteiger partial charge in [-0.25, -0.2) is 8.42 Å². The van der Waals surface area contributed by atoms with Crippen molar-refractivity contribution in [2.45, 2.75) is 11.8 Å². The molecule has 1 heterocycles. The summed E-state index contributed by atoms with van der Waals surface area (Å²) in [5.41, 5.74) is 1.16. The van der Waals surface area contributed by atoms with Gasteiger partial charge in [0, 0.05) is 23.8 Å². The maximum absolute atomic E-state index is 13.0. The Hall–Kier alpha value is -2.33. The highest BCUT2D eigenvalue weighted by atomic mass is 35.5. The van der Waals surface area contributed by atoms with Gasteiger partial charge in [-0.15, -0.1) is 0 Å². The average Bonchev–Trinajstić information content (AvgIpc) is 2.75. The van der Waals surface area contributed by atoms with Gasteiger partial charge in [-0.2, -0.15) is 4.31 Å². The van der Waals surface area contributed by atoms with Gasteiger partial charge in [0.15, 0.2) is 6.61 Å². The van der Waals surface area contributed by atoms with Gasteiger partial charge in [-0.3, -0.25) is 4.79 Å². The van der Waals surface area contributed by atoms with Crippen LogP contribution in [0.25, 0.3) is 0 Å². The fourth-order valence-corrected chi connectivity index (χ4v) is 4.64. The van der Waals surface area contributed by atoms with E-state index in [2.05, 4.69) is 5.32 Å². The molecule has 8 nitrogen and oxygen atoms in total. The van der Waals surface area contributed by atoms with Crippen LogP contribution in [-0.4, -0.2) is 58.7 Å². The molecule has 3 rings (SSSR count). The van der Waals surface area contributed by atoms with Crippen molar-refractivity contribution in [3.63, 3.8) is 0 Å². The zero-order valence-corrected chi connectivity index (χ0v) is 18.3. The number of amides is 1. The number of carbonyl (C=O) groups excluding carboxylic acids is 1. The van der Waals surface area contributed by atoms with Crippen molar-refractivity contribution in [1.29, 1.82) is 0 Å². The highest BCUT2D eigenvalue weighted by Gasteiger charge is 2.29. The van der Waals surface area contributed by atoms with Crippen molar-refractivity contribution in [3.05, 3.63) is 47.0 Å². The Morgan fingerprint density at radius 2 is 1.93 bits per heavy atom. The smallest absolute Gasteiger partial charge is 0.262 e. The van der Waals surface area contributed by atoms with Crippen molar-refractivity contribution >= 4 is 33.2 Å². The number of ether oxygens (including phenoxy) is 3. The highest BCUT2D eigenvalue weighted by molar-refractivity contribution is 7.89. The number of morpholine rings is 1. The summed E-state index contributed by atoms with van der Waals surface area (Å²) in [7, 11) is -2.40. The summed E-state index contributed by atoms with van der Waals surface area (Å²) >= 11 is 5.98. The monoisotopic (exact) mass is 454 g/mol. The summed E-state index contributed by atoms with van der Waals surface area (Å²) in [5.74, 6) is 0.284. The molecule has 0 spiro atoms. The number of aryl methyl sites for hydroxylation is 1. The Morgan fingerprint density at radius 3 is 2.60 bits per heavy atom. The normalized spacial score (nSPS) is 14.9. The maximum atomic E-state index is 13.0. The summed E-state index contributed by atoms with van der Waals surface area (Å²) in [5, 5.41) is 3.26. The molecule has 2 aromatic rings. The second-order valence-electron chi connectivity index (χ2n) is 6.63. The minimum atomic E-state index is -3.79. The molecule has 2 aromatic carbocycles. The zero-order chi connectivity index (χ0) is 21.7. The zero-order valence-electron chi connectivity index (χ0n) is 16.7. The summed E-state index contributed by atoms with van der Waals surface area (Å²) in [4.78, 5) is 12.3. The van der Waals surface area contributed by atoms with Crippen LogP contribution in [0.15, 0.2) is 41.3 Å². The summed E-state index contributed by atoms with van der Waals surface area (Å²) < 4.78 is 43.3. The van der Waals surface area contributed by atoms with Gasteiger partial charge in [0.1, 0.15) is 16.4 Å². The third kappa shape index (κ3) is 5.23. The van der Waals surface area contributed by atoms with Gasteiger partial charge in [0.25, 0.3) is 5.91 Å². The second-order valence-corrected chi connectivity index (χ2v) is 8.94. The van der Waals surface area contributed by atoms with Crippen molar-refractivity contribution in [2.75, 3.05) is 45.3 Å². The molecule has 1 saturated heterocycles. The first kappa shape index (κ1) is 22.4. The van der Waals surface area contributed by atoms with Crippen LogP contribution < -0.4 is 14.8 Å². The minimum Gasteiger partial charge on any atom is -0.495 e. The molecule has 1 aliphatic rings. The van der Waals surface area contributed by atoms with Crippen molar-refractivity contribution in [1.82, 2.24) is 4.31 Å². The molecular weight excluding hydrogens is 432 g/mol. The maximum Gasteiger partial charge on any atom is 0.262 e. The first-order valence-electron chi connectivity index (χ1n) is 9.26. The van der Waals surface area contributed by atoms with E-state index in [-0.39, 0.29) is 30.3 Å². The number of carbonyl (C=O) groups is 1. The van der Waals surface area contributed by atoms with Crippen molar-refractivity contribution in [2.24, 2.45) is 0 Å². The third-order valence-electron chi connectivity index (χ3n) is 4.53. The number of benzene rings is 2. The molecular formula is C20H23ClN2O6S. The number of hydrogen-bond acceptors (Lipinski definition) is 6. The largest absolute Gasteiger partial charge is 0.495 e. The van der Waals surface area contributed by atoms with Gasteiger partial charge in [-0.1, -0.05) is 11.6 Å². The molecule has 0 aliphatic carbocycles. The predicted octanol–water partition coefficient (Wildman–Crippen LogP) is 2.70. The Kier molecular flexibility index (Phi) is 7.19. The van der Waals surface area contributed by atoms with Crippen LogP contribution in [0.5, 0.6) is 11.5 Å². The van der Waals surface area contributed by atoms with Gasteiger partial charge in [-0.05, 0) is 48.9 Å². The second kappa shape index (κ2) is 9.65. The average molecular weight is 455 g/mol. The van der Waals surface area contributed by atoms with E-state index >= 15 is 0 Å². The first-order chi connectivity index (χ1) is 14.3. The van der Waals surface area contributed by atoms with Gasteiger partial charge < -0.3 is 19.5 Å². The number of anilines is 1. The van der Waals surface area contributed by atoms with E-state index < -0.39 is 15.9 Å². The standard InChI is InChI=1S/C20H23ClN2O6S/c1-14-11-16(4-5-17(14)21)29-13-20(24)22-15-3-6-18(27-2)19(12-15)30(25,26)23-7-9-28-10-8-23/h3-6,11-12H,7-10,13H2,1-2H3,(H,22,24). The van der Waals surface area contributed by atoms with Gasteiger partial charge in [0.05, 0.1) is 20.3 Å². The summed E-state index contributed by atoms with van der Waals surface area (Å²) in [6.45, 7) is 2.79. The van der Waals surface area contributed by atoms with Crippen LogP contribution in [0.4, 0.5) is 5.69 Å². The molecule has 30 heavy (non-hydrogen) atoms. The van der Waals surface area contributed by atoms with E-state index in [9.17, 15) is 13.2 Å². The number of sulfonamides is 1. The number of halogens is 1. The van der Waals surface area contributed by atoms with Crippen molar-refractivity contribution in [3.8, 4) is 11.5 Å². The van der Waals surface area contributed by atoms with Crippen LogP contribution >= 0.6 is 11.6 Å². The molecule has 0 unspecified atom stereocenters. The van der Waals surface area contributed by atoms with Crippen LogP contribution in [-0.2, 0) is 19.6 Å². The van der Waals surface area contributed by atoms with Crippen LogP contribution in [0.1, 0.15) is 5.56 Å². The van der Waals surface area contributed by atoms with E-state index in [0.717, 1.165) is 5.56 Å². The molecule has 0 radical (unpaired) electrons. The van der Waals surface area contributed by atoms with Crippen LogP contribution in [0.2, 0.25) is 5.02 Å². The molecule has 0 saturated carbocycles. The molecule has 0 bridgehead atoms. The number of nitrogens with zero attached hydrogens (tertiary/aromatic N) is 1. The quantitative estimate of drug-likeness (QED) is 0.691. The Bertz CT molecular complexity index is 1020. The topological polar surface area (TPSA) is 94.2 Å². The van der Waals surface area contributed by atoms with E-state index in [1.54, 1.807) is 24.3 Å². The fourth-order valence-electron chi connectivity index (χ4n) is 2.94. The van der Waals surface area contributed by atoms with E-state index in [1.807, 2.05) is 6.92 Å². The molecule has 1 fully saturated rings. The van der Waals surface area contributed by atoms with E-state index in [0.29, 0.717) is 29.7 Å². The van der Waals surface area contributed by atoms with E-state index in [1.165, 1.54) is 23.5 Å². The molecule has 1 N–H and O–H groups in total. The molecule has 1 amide bonds. The lowest BCUT2D eigenvalue weighted by molar-refractivity contribution is -0.118. The van der Waals surface area contributed by atoms with Crippen molar-refractivity contribution < 1.29 is 27.4 Å². The molecule has 0 aromatic heterocycles. The van der Waals surface area contributed by atoms with E-state index in [4.69, 9.17) is 25.8 Å². The SMILES string of the molecule is COc1ccc(NC(=O)COc2ccc(Cl)c(C)c2)cc1S(=O)(=O)N1CCOCC1. The summed E-state index contributed by atoms with van der Waals surface area (Å²) in [6, 6.07) is 9.55. The fraction of sp³-hybridized carbons (Fsp3) is 0.350. The minimum absolute atomic E-state index is 0.0149. The first-order valence-corrected chi connectivity index (χ1v) is 11.1. The lowest BCUT2D eigenvalue weighted by Crippen LogP contribution is -2.40. The third-order valence-corrected chi connectivity index (χ3v) is 6.88. The molecule has 0 atom stereocenters. The number of methoxy groups -OCH3 is 1. The Balaban J connectivity index is 1.72. The highest BCUT2D eigenvalue weighted by Crippen LogP contribution is 2.30. The number of hydrogen-bond donors (Lipinski definition) is 1. The molecule has 10 heteroatoms. The Labute approximate surface area is 180 Å².